The molecule has 2 aromatic carbocycles. The summed E-state index contributed by atoms with van der Waals surface area (Å²) < 4.78 is 0. The Morgan fingerprint density at radius 3 is 2.04 bits per heavy atom. The molecule has 0 spiro atoms. The molecule has 23 heavy (non-hydrogen) atoms. The van der Waals surface area contributed by atoms with E-state index in [0.29, 0.717) is 0 Å². The number of aryl methyl sites for hydroxylation is 2. The zero-order chi connectivity index (χ0) is 16.2. The Hall–Kier alpha value is -2.49. The minimum atomic E-state index is -0.219. The second kappa shape index (κ2) is 6.73. The summed E-state index contributed by atoms with van der Waals surface area (Å²) in [5.41, 5.74) is 5.11. The lowest BCUT2D eigenvalue weighted by atomic mass is 10.1. The second-order valence-electron chi connectivity index (χ2n) is 6.20. The lowest BCUT2D eigenvalue weighted by molar-refractivity contribution is 0.262. The fraction of sp³-hybridized carbons (Fsp3) is 0.316. The SMILES string of the molecule is Cc1cc(C)cc(NC(=O)Nc2ccc(N3CCCC3)cc2)c1. The van der Waals surface area contributed by atoms with Crippen molar-refractivity contribution in [2.45, 2.75) is 26.7 Å². The van der Waals surface area contributed by atoms with E-state index in [1.807, 2.05) is 38.1 Å². The first-order valence-corrected chi connectivity index (χ1v) is 8.11. The van der Waals surface area contributed by atoms with Crippen molar-refractivity contribution in [3.63, 3.8) is 0 Å². The zero-order valence-electron chi connectivity index (χ0n) is 13.7. The van der Waals surface area contributed by atoms with Crippen LogP contribution in [0, 0.1) is 13.8 Å². The molecule has 4 nitrogen and oxygen atoms in total. The average Bonchev–Trinajstić information content (AvgIpc) is 3.01. The van der Waals surface area contributed by atoms with Crippen molar-refractivity contribution in [3.8, 4) is 0 Å². The summed E-state index contributed by atoms with van der Waals surface area (Å²) in [5.74, 6) is 0. The van der Waals surface area contributed by atoms with Gasteiger partial charge in [-0.2, -0.15) is 0 Å². The number of nitrogens with zero attached hydrogens (tertiary/aromatic N) is 1. The Labute approximate surface area is 137 Å². The van der Waals surface area contributed by atoms with Crippen LogP contribution in [0.1, 0.15) is 24.0 Å². The lowest BCUT2D eigenvalue weighted by Crippen LogP contribution is -2.20. The van der Waals surface area contributed by atoms with Crippen molar-refractivity contribution in [1.29, 1.82) is 0 Å². The largest absolute Gasteiger partial charge is 0.372 e. The van der Waals surface area contributed by atoms with E-state index in [4.69, 9.17) is 0 Å². The van der Waals surface area contributed by atoms with Gasteiger partial charge in [-0.15, -0.1) is 0 Å². The molecule has 0 unspecified atom stereocenters. The first-order chi connectivity index (χ1) is 11.1. The third-order valence-electron chi connectivity index (χ3n) is 4.08. The van der Waals surface area contributed by atoms with Crippen molar-refractivity contribution < 1.29 is 4.79 Å². The van der Waals surface area contributed by atoms with Gasteiger partial charge in [0.15, 0.2) is 0 Å². The Morgan fingerprint density at radius 2 is 1.43 bits per heavy atom. The molecule has 2 aromatic rings. The summed E-state index contributed by atoms with van der Waals surface area (Å²) in [4.78, 5) is 14.5. The number of nitrogens with one attached hydrogen (secondary N) is 2. The topological polar surface area (TPSA) is 44.4 Å². The lowest BCUT2D eigenvalue weighted by Gasteiger charge is -2.17. The Bertz CT molecular complexity index is 668. The minimum Gasteiger partial charge on any atom is -0.372 e. The molecule has 0 bridgehead atoms. The number of anilines is 3. The molecular formula is C19H23N3O. The van der Waals surface area contributed by atoms with E-state index < -0.39 is 0 Å². The molecule has 2 N–H and O–H groups in total. The number of amides is 2. The van der Waals surface area contributed by atoms with Gasteiger partial charge >= 0.3 is 6.03 Å². The van der Waals surface area contributed by atoms with Gasteiger partial charge in [0.25, 0.3) is 0 Å². The maximum absolute atomic E-state index is 12.1. The number of carbonyl (C=O) groups is 1. The molecule has 0 saturated carbocycles. The van der Waals surface area contributed by atoms with Crippen molar-refractivity contribution >= 4 is 23.1 Å². The Morgan fingerprint density at radius 1 is 0.870 bits per heavy atom. The molecule has 1 aliphatic rings. The predicted molar refractivity (Wildman–Crippen MR) is 96.4 cm³/mol. The molecular weight excluding hydrogens is 286 g/mol. The highest BCUT2D eigenvalue weighted by atomic mass is 16.2. The summed E-state index contributed by atoms with van der Waals surface area (Å²) in [6.07, 6.45) is 2.52. The third kappa shape index (κ3) is 4.03. The van der Waals surface area contributed by atoms with E-state index >= 15 is 0 Å². The van der Waals surface area contributed by atoms with Gasteiger partial charge in [-0.1, -0.05) is 6.07 Å². The van der Waals surface area contributed by atoms with Gasteiger partial charge in [0.2, 0.25) is 0 Å². The summed E-state index contributed by atoms with van der Waals surface area (Å²) in [5, 5.41) is 5.76. The van der Waals surface area contributed by atoms with Crippen molar-refractivity contribution in [2.75, 3.05) is 28.6 Å². The number of carbonyl (C=O) groups excluding carboxylic acids is 1. The summed E-state index contributed by atoms with van der Waals surface area (Å²) in [6.45, 7) is 6.29. The number of rotatable bonds is 3. The van der Waals surface area contributed by atoms with E-state index in [2.05, 4.69) is 33.7 Å². The van der Waals surface area contributed by atoms with E-state index in [1.165, 1.54) is 18.5 Å². The summed E-state index contributed by atoms with van der Waals surface area (Å²) >= 11 is 0. The fourth-order valence-corrected chi connectivity index (χ4v) is 3.07. The van der Waals surface area contributed by atoms with Gasteiger partial charge in [-0.05, 0) is 74.2 Å². The van der Waals surface area contributed by atoms with Crippen molar-refractivity contribution in [3.05, 3.63) is 53.6 Å². The predicted octanol–water partition coefficient (Wildman–Crippen LogP) is 4.55. The average molecular weight is 309 g/mol. The third-order valence-corrected chi connectivity index (χ3v) is 4.08. The van der Waals surface area contributed by atoms with Gasteiger partial charge in [-0.3, -0.25) is 0 Å². The van der Waals surface area contributed by atoms with Gasteiger partial charge in [0.1, 0.15) is 0 Å². The van der Waals surface area contributed by atoms with Crippen LogP contribution < -0.4 is 15.5 Å². The maximum Gasteiger partial charge on any atom is 0.323 e. The fourth-order valence-electron chi connectivity index (χ4n) is 3.07. The second-order valence-corrected chi connectivity index (χ2v) is 6.20. The molecule has 0 atom stereocenters. The van der Waals surface area contributed by atoms with Crippen LogP contribution in [0.4, 0.5) is 21.9 Å². The van der Waals surface area contributed by atoms with E-state index in [0.717, 1.165) is 35.6 Å². The van der Waals surface area contributed by atoms with Crippen LogP contribution >= 0.6 is 0 Å². The highest BCUT2D eigenvalue weighted by Gasteiger charge is 2.12. The molecule has 4 heteroatoms. The summed E-state index contributed by atoms with van der Waals surface area (Å²) in [6, 6.07) is 13.8. The van der Waals surface area contributed by atoms with Gasteiger partial charge in [-0.25, -0.2) is 4.79 Å². The van der Waals surface area contributed by atoms with E-state index in [1.54, 1.807) is 0 Å². The van der Waals surface area contributed by atoms with Crippen LogP contribution in [-0.2, 0) is 0 Å². The molecule has 2 amide bonds. The molecule has 1 saturated heterocycles. The van der Waals surface area contributed by atoms with E-state index in [9.17, 15) is 4.79 Å². The molecule has 0 aliphatic carbocycles. The quantitative estimate of drug-likeness (QED) is 0.873. The first-order valence-electron chi connectivity index (χ1n) is 8.11. The van der Waals surface area contributed by atoms with Crippen LogP contribution in [0.2, 0.25) is 0 Å². The first kappa shape index (κ1) is 15.4. The van der Waals surface area contributed by atoms with Crippen molar-refractivity contribution in [1.82, 2.24) is 0 Å². The van der Waals surface area contributed by atoms with Gasteiger partial charge in [0.05, 0.1) is 0 Å². The smallest absolute Gasteiger partial charge is 0.323 e. The molecule has 1 aliphatic heterocycles. The number of hydrogen-bond donors (Lipinski definition) is 2. The zero-order valence-corrected chi connectivity index (χ0v) is 13.7. The van der Waals surface area contributed by atoms with Gasteiger partial charge in [0, 0.05) is 30.2 Å². The molecule has 1 heterocycles. The standard InChI is InChI=1S/C19H23N3O/c1-14-11-15(2)13-17(12-14)21-19(23)20-16-5-7-18(8-6-16)22-9-3-4-10-22/h5-8,11-13H,3-4,9-10H2,1-2H3,(H2,20,21,23). The van der Waals surface area contributed by atoms with Crippen LogP contribution in [-0.4, -0.2) is 19.1 Å². The van der Waals surface area contributed by atoms with Crippen LogP contribution in [0.5, 0.6) is 0 Å². The molecule has 3 rings (SSSR count). The Kier molecular flexibility index (Phi) is 4.51. The molecule has 120 valence electrons. The Balaban J connectivity index is 1.61. The monoisotopic (exact) mass is 309 g/mol. The summed E-state index contributed by atoms with van der Waals surface area (Å²) in [7, 11) is 0. The van der Waals surface area contributed by atoms with Crippen molar-refractivity contribution in [2.24, 2.45) is 0 Å². The van der Waals surface area contributed by atoms with Crippen LogP contribution in [0.15, 0.2) is 42.5 Å². The van der Waals surface area contributed by atoms with Crippen LogP contribution in [0.3, 0.4) is 0 Å². The van der Waals surface area contributed by atoms with Gasteiger partial charge < -0.3 is 15.5 Å². The number of benzene rings is 2. The minimum absolute atomic E-state index is 0.219. The number of hydrogen-bond acceptors (Lipinski definition) is 2. The normalized spacial score (nSPS) is 13.9. The van der Waals surface area contributed by atoms with E-state index in [-0.39, 0.29) is 6.03 Å². The molecule has 0 radical (unpaired) electrons. The molecule has 0 aromatic heterocycles. The maximum atomic E-state index is 12.1. The molecule has 1 fully saturated rings. The van der Waals surface area contributed by atoms with Crippen LogP contribution in [0.25, 0.3) is 0 Å². The highest BCUT2D eigenvalue weighted by Crippen LogP contribution is 2.22. The highest BCUT2D eigenvalue weighted by molar-refractivity contribution is 5.99. The number of urea groups is 1.